The van der Waals surface area contributed by atoms with Crippen molar-refractivity contribution < 1.29 is 4.79 Å². The highest BCUT2D eigenvalue weighted by molar-refractivity contribution is 5.78. The fraction of sp³-hybridized carbons (Fsp3) is 0.923. The van der Waals surface area contributed by atoms with Gasteiger partial charge in [-0.2, -0.15) is 0 Å². The van der Waals surface area contributed by atoms with E-state index in [9.17, 15) is 4.79 Å². The molecule has 0 saturated carbocycles. The summed E-state index contributed by atoms with van der Waals surface area (Å²) in [5, 5.41) is 6.66. The van der Waals surface area contributed by atoms with Gasteiger partial charge in [0.25, 0.3) is 0 Å². The zero-order valence-electron chi connectivity index (χ0n) is 11.3. The Kier molecular flexibility index (Phi) is 6.07. The van der Waals surface area contributed by atoms with Gasteiger partial charge in [-0.25, -0.2) is 0 Å². The zero-order valence-corrected chi connectivity index (χ0v) is 11.3. The van der Waals surface area contributed by atoms with E-state index in [1.54, 1.807) is 0 Å². The number of Topliss-reactive ketones (excluding diaryl/α,β-unsaturated/α-hetero) is 1. The van der Waals surface area contributed by atoms with Crippen LogP contribution in [0, 0.1) is 0 Å². The summed E-state index contributed by atoms with van der Waals surface area (Å²) in [5.41, 5.74) is 0. The van der Waals surface area contributed by atoms with Gasteiger partial charge in [0.1, 0.15) is 5.78 Å². The predicted octanol–water partition coefficient (Wildman–Crippen LogP) is -0.854. The number of rotatable bonds is 6. The van der Waals surface area contributed by atoms with Crippen LogP contribution in [-0.2, 0) is 4.79 Å². The van der Waals surface area contributed by atoms with E-state index in [-0.39, 0.29) is 0 Å². The number of piperazine rings is 2. The summed E-state index contributed by atoms with van der Waals surface area (Å²) < 4.78 is 0. The van der Waals surface area contributed by atoms with E-state index >= 15 is 0 Å². The quantitative estimate of drug-likeness (QED) is 0.646. The van der Waals surface area contributed by atoms with Crippen LogP contribution in [0.3, 0.4) is 0 Å². The van der Waals surface area contributed by atoms with E-state index in [1.807, 2.05) is 0 Å². The number of hydrogen-bond acceptors (Lipinski definition) is 5. The Hall–Kier alpha value is -0.490. The molecule has 18 heavy (non-hydrogen) atoms. The predicted molar refractivity (Wildman–Crippen MR) is 72.9 cm³/mol. The fourth-order valence-corrected chi connectivity index (χ4v) is 2.56. The van der Waals surface area contributed by atoms with Gasteiger partial charge < -0.3 is 20.4 Å². The van der Waals surface area contributed by atoms with E-state index in [2.05, 4.69) is 20.4 Å². The van der Waals surface area contributed by atoms with Crippen LogP contribution in [0.5, 0.6) is 0 Å². The average Bonchev–Trinajstić information content (AvgIpc) is 2.45. The molecule has 0 aromatic heterocycles. The van der Waals surface area contributed by atoms with Gasteiger partial charge in [-0.05, 0) is 0 Å². The standard InChI is InChI=1S/C13H26N4O/c18-13(1-7-16-9-3-14-4-10-16)2-8-17-11-5-15-6-12-17/h14-15H,1-12H2. The largest absolute Gasteiger partial charge is 0.314 e. The Morgan fingerprint density at radius 1 is 0.778 bits per heavy atom. The van der Waals surface area contributed by atoms with Crippen molar-refractivity contribution in [3.63, 3.8) is 0 Å². The molecule has 2 fully saturated rings. The normalized spacial score (nSPS) is 23.1. The Bertz CT molecular complexity index is 223. The lowest BCUT2D eigenvalue weighted by atomic mass is 10.2. The second kappa shape index (κ2) is 7.84. The summed E-state index contributed by atoms with van der Waals surface area (Å²) in [4.78, 5) is 16.6. The van der Waals surface area contributed by atoms with Crippen LogP contribution in [0.2, 0.25) is 0 Å². The van der Waals surface area contributed by atoms with Crippen LogP contribution in [-0.4, -0.2) is 81.0 Å². The molecule has 104 valence electrons. The van der Waals surface area contributed by atoms with Crippen LogP contribution in [0.4, 0.5) is 0 Å². The molecule has 0 aromatic carbocycles. The Morgan fingerprint density at radius 3 is 1.56 bits per heavy atom. The summed E-state index contributed by atoms with van der Waals surface area (Å²) in [6.45, 7) is 10.5. The van der Waals surface area contributed by atoms with Crippen molar-refractivity contribution in [2.45, 2.75) is 12.8 Å². The lowest BCUT2D eigenvalue weighted by Gasteiger charge is -2.28. The number of carbonyl (C=O) groups excluding carboxylic acids is 1. The van der Waals surface area contributed by atoms with E-state index in [0.29, 0.717) is 5.78 Å². The molecule has 0 bridgehead atoms. The Balaban J connectivity index is 1.54. The van der Waals surface area contributed by atoms with Gasteiger partial charge >= 0.3 is 0 Å². The molecule has 2 rings (SSSR count). The molecule has 0 radical (unpaired) electrons. The van der Waals surface area contributed by atoms with Crippen LogP contribution in [0.25, 0.3) is 0 Å². The van der Waals surface area contributed by atoms with Crippen molar-refractivity contribution >= 4 is 5.78 Å². The van der Waals surface area contributed by atoms with Gasteiger partial charge in [-0.3, -0.25) is 4.79 Å². The molecule has 5 nitrogen and oxygen atoms in total. The van der Waals surface area contributed by atoms with Crippen LogP contribution >= 0.6 is 0 Å². The Labute approximate surface area is 110 Å². The van der Waals surface area contributed by atoms with E-state index in [0.717, 1.165) is 78.3 Å². The lowest BCUT2D eigenvalue weighted by molar-refractivity contribution is -0.119. The van der Waals surface area contributed by atoms with Crippen molar-refractivity contribution in [3.05, 3.63) is 0 Å². The van der Waals surface area contributed by atoms with Crippen molar-refractivity contribution in [2.75, 3.05) is 65.4 Å². The molecular formula is C13H26N4O. The monoisotopic (exact) mass is 254 g/mol. The second-order valence-electron chi connectivity index (χ2n) is 5.22. The molecule has 0 amide bonds. The van der Waals surface area contributed by atoms with Gasteiger partial charge in [-0.1, -0.05) is 0 Å². The first kappa shape index (κ1) is 13.9. The molecule has 0 atom stereocenters. The summed E-state index contributed by atoms with van der Waals surface area (Å²) in [7, 11) is 0. The first-order valence-corrected chi connectivity index (χ1v) is 7.22. The minimum atomic E-state index is 0.423. The van der Waals surface area contributed by atoms with Crippen molar-refractivity contribution in [1.29, 1.82) is 0 Å². The van der Waals surface area contributed by atoms with E-state index in [4.69, 9.17) is 0 Å². The molecule has 2 aliphatic heterocycles. The number of nitrogens with one attached hydrogen (secondary N) is 2. The van der Waals surface area contributed by atoms with E-state index < -0.39 is 0 Å². The van der Waals surface area contributed by atoms with E-state index in [1.165, 1.54) is 0 Å². The highest BCUT2D eigenvalue weighted by atomic mass is 16.1. The summed E-state index contributed by atoms with van der Waals surface area (Å²) in [6.07, 6.45) is 1.46. The molecule has 0 unspecified atom stereocenters. The third kappa shape index (κ3) is 5.02. The summed E-state index contributed by atoms with van der Waals surface area (Å²) in [5.74, 6) is 0.423. The smallest absolute Gasteiger partial charge is 0.135 e. The molecule has 2 aliphatic rings. The van der Waals surface area contributed by atoms with Gasteiger partial charge in [0.05, 0.1) is 0 Å². The van der Waals surface area contributed by atoms with Gasteiger partial charge in [0.15, 0.2) is 0 Å². The van der Waals surface area contributed by atoms with Gasteiger partial charge in [0.2, 0.25) is 0 Å². The SMILES string of the molecule is O=C(CCN1CCNCC1)CCN1CCNCC1. The molecule has 5 heteroatoms. The summed E-state index contributed by atoms with van der Waals surface area (Å²) in [6, 6.07) is 0. The first-order chi connectivity index (χ1) is 8.84. The lowest BCUT2D eigenvalue weighted by Crippen LogP contribution is -2.45. The maximum absolute atomic E-state index is 11.8. The minimum Gasteiger partial charge on any atom is -0.314 e. The summed E-state index contributed by atoms with van der Waals surface area (Å²) >= 11 is 0. The topological polar surface area (TPSA) is 47.6 Å². The van der Waals surface area contributed by atoms with Gasteiger partial charge in [-0.15, -0.1) is 0 Å². The molecule has 0 aromatic rings. The fourth-order valence-electron chi connectivity index (χ4n) is 2.56. The van der Waals surface area contributed by atoms with Crippen LogP contribution < -0.4 is 10.6 Å². The van der Waals surface area contributed by atoms with Gasteiger partial charge in [0, 0.05) is 78.3 Å². The zero-order chi connectivity index (χ0) is 12.6. The maximum atomic E-state index is 11.8. The number of nitrogens with zero attached hydrogens (tertiary/aromatic N) is 2. The molecule has 0 spiro atoms. The molecule has 2 N–H and O–H groups in total. The number of carbonyl (C=O) groups is 1. The van der Waals surface area contributed by atoms with Crippen molar-refractivity contribution in [3.8, 4) is 0 Å². The minimum absolute atomic E-state index is 0.423. The second-order valence-corrected chi connectivity index (χ2v) is 5.22. The first-order valence-electron chi connectivity index (χ1n) is 7.22. The van der Waals surface area contributed by atoms with Crippen molar-refractivity contribution in [1.82, 2.24) is 20.4 Å². The molecule has 0 aliphatic carbocycles. The molecule has 2 heterocycles. The number of ketones is 1. The molecule has 2 saturated heterocycles. The molecular weight excluding hydrogens is 228 g/mol. The van der Waals surface area contributed by atoms with Crippen LogP contribution in [0.1, 0.15) is 12.8 Å². The maximum Gasteiger partial charge on any atom is 0.135 e. The Morgan fingerprint density at radius 2 is 1.17 bits per heavy atom. The van der Waals surface area contributed by atoms with Crippen molar-refractivity contribution in [2.24, 2.45) is 0 Å². The number of hydrogen-bond donors (Lipinski definition) is 2. The third-order valence-corrected chi connectivity index (χ3v) is 3.83. The van der Waals surface area contributed by atoms with Crippen LogP contribution in [0.15, 0.2) is 0 Å². The average molecular weight is 254 g/mol. The highest BCUT2D eigenvalue weighted by Crippen LogP contribution is 2.00. The highest BCUT2D eigenvalue weighted by Gasteiger charge is 2.13. The third-order valence-electron chi connectivity index (χ3n) is 3.83.